The molecule has 0 aliphatic heterocycles. The van der Waals surface area contributed by atoms with Gasteiger partial charge in [-0.1, -0.05) is 25.5 Å². The average molecular weight is 288 g/mol. The van der Waals surface area contributed by atoms with Crippen molar-refractivity contribution < 1.29 is 4.42 Å². The van der Waals surface area contributed by atoms with Gasteiger partial charge in [0.25, 0.3) is 5.22 Å². The Morgan fingerprint density at radius 3 is 2.90 bits per heavy atom. The third-order valence-electron chi connectivity index (χ3n) is 3.05. The van der Waals surface area contributed by atoms with Crippen molar-refractivity contribution in [1.82, 2.24) is 14.8 Å². The molecule has 104 valence electrons. The second-order valence-corrected chi connectivity index (χ2v) is 5.53. The van der Waals surface area contributed by atoms with Crippen LogP contribution in [0.1, 0.15) is 19.0 Å². The number of aromatic nitrogens is 3. The van der Waals surface area contributed by atoms with Crippen LogP contribution < -0.4 is 5.73 Å². The number of oxazole rings is 1. The van der Waals surface area contributed by atoms with Gasteiger partial charge in [-0.2, -0.15) is 5.10 Å². The van der Waals surface area contributed by atoms with Crippen molar-refractivity contribution in [3.05, 3.63) is 30.0 Å². The number of hydrogen-bond donors (Lipinski definition) is 1. The van der Waals surface area contributed by atoms with Gasteiger partial charge in [0.2, 0.25) is 0 Å². The molecule has 0 aliphatic carbocycles. The van der Waals surface area contributed by atoms with Crippen LogP contribution in [0, 0.1) is 0 Å². The highest BCUT2D eigenvalue weighted by Gasteiger charge is 2.16. The summed E-state index contributed by atoms with van der Waals surface area (Å²) < 4.78 is 7.50. The van der Waals surface area contributed by atoms with E-state index in [0.717, 1.165) is 40.3 Å². The normalized spacial score (nSPS) is 11.3. The molecule has 2 aromatic heterocycles. The number of anilines is 1. The second-order valence-electron chi connectivity index (χ2n) is 4.59. The van der Waals surface area contributed by atoms with Crippen molar-refractivity contribution in [3.8, 4) is 0 Å². The maximum atomic E-state index is 6.16. The Morgan fingerprint density at radius 1 is 1.35 bits per heavy atom. The number of aryl methyl sites for hydroxylation is 2. The molecule has 0 unspecified atom stereocenters. The zero-order valence-electron chi connectivity index (χ0n) is 11.5. The Hall–Kier alpha value is -1.95. The van der Waals surface area contributed by atoms with Gasteiger partial charge in [0.15, 0.2) is 5.58 Å². The molecule has 0 saturated heterocycles. The largest absolute Gasteiger partial charge is 0.431 e. The summed E-state index contributed by atoms with van der Waals surface area (Å²) in [5.41, 5.74) is 9.45. The van der Waals surface area contributed by atoms with Crippen molar-refractivity contribution in [2.24, 2.45) is 7.05 Å². The van der Waals surface area contributed by atoms with E-state index in [2.05, 4.69) is 17.0 Å². The van der Waals surface area contributed by atoms with Gasteiger partial charge in [0.05, 0.1) is 11.4 Å². The number of fused-ring (bicyclic) bond motifs is 1. The van der Waals surface area contributed by atoms with Gasteiger partial charge in [-0.15, -0.1) is 0 Å². The van der Waals surface area contributed by atoms with Gasteiger partial charge >= 0.3 is 0 Å². The van der Waals surface area contributed by atoms with E-state index in [9.17, 15) is 0 Å². The lowest BCUT2D eigenvalue weighted by atomic mass is 10.2. The van der Waals surface area contributed by atoms with Crippen molar-refractivity contribution in [3.63, 3.8) is 0 Å². The molecule has 6 heteroatoms. The molecule has 3 rings (SSSR count). The first-order valence-corrected chi connectivity index (χ1v) is 7.35. The molecule has 2 N–H and O–H groups in total. The van der Waals surface area contributed by atoms with Crippen LogP contribution in [0.25, 0.3) is 11.1 Å². The van der Waals surface area contributed by atoms with Crippen LogP contribution in [0.5, 0.6) is 0 Å². The number of hydrogen-bond acceptors (Lipinski definition) is 5. The Kier molecular flexibility index (Phi) is 3.40. The predicted molar refractivity (Wildman–Crippen MR) is 79.7 cm³/mol. The fourth-order valence-corrected chi connectivity index (χ4v) is 2.94. The highest BCUT2D eigenvalue weighted by molar-refractivity contribution is 7.99. The lowest BCUT2D eigenvalue weighted by Crippen LogP contribution is -1.93. The molecular formula is C14H16N4OS. The van der Waals surface area contributed by atoms with Crippen LogP contribution in [0.2, 0.25) is 0 Å². The summed E-state index contributed by atoms with van der Waals surface area (Å²) in [5, 5.41) is 5.91. The summed E-state index contributed by atoms with van der Waals surface area (Å²) in [5.74, 6) is 0. The average Bonchev–Trinajstić information content (AvgIpc) is 2.95. The fraction of sp³-hybridized carbons (Fsp3) is 0.286. The van der Waals surface area contributed by atoms with Crippen molar-refractivity contribution in [2.75, 3.05) is 5.73 Å². The molecule has 0 radical (unpaired) electrons. The zero-order chi connectivity index (χ0) is 14.1. The number of nitrogens with zero attached hydrogens (tertiary/aromatic N) is 3. The van der Waals surface area contributed by atoms with Crippen molar-refractivity contribution >= 4 is 28.5 Å². The lowest BCUT2D eigenvalue weighted by molar-refractivity contribution is 0.488. The van der Waals surface area contributed by atoms with E-state index in [4.69, 9.17) is 10.2 Å². The van der Waals surface area contributed by atoms with Crippen LogP contribution in [0.4, 0.5) is 5.69 Å². The number of rotatable bonds is 4. The molecule has 0 spiro atoms. The minimum Gasteiger partial charge on any atom is -0.431 e. The third kappa shape index (κ3) is 2.27. The van der Waals surface area contributed by atoms with Crippen molar-refractivity contribution in [1.29, 1.82) is 0 Å². The molecule has 0 amide bonds. The summed E-state index contributed by atoms with van der Waals surface area (Å²) in [6, 6.07) is 7.70. The summed E-state index contributed by atoms with van der Waals surface area (Å²) in [6.07, 6.45) is 1.90. The topological polar surface area (TPSA) is 69.9 Å². The highest BCUT2D eigenvalue weighted by atomic mass is 32.2. The molecule has 3 aromatic rings. The van der Waals surface area contributed by atoms with Gasteiger partial charge < -0.3 is 10.2 Å². The molecule has 20 heavy (non-hydrogen) atoms. The lowest BCUT2D eigenvalue weighted by Gasteiger charge is -1.98. The third-order valence-corrected chi connectivity index (χ3v) is 4.08. The van der Waals surface area contributed by atoms with Gasteiger partial charge in [0, 0.05) is 7.05 Å². The first kappa shape index (κ1) is 13.1. The maximum absolute atomic E-state index is 6.16. The van der Waals surface area contributed by atoms with Crippen LogP contribution >= 0.6 is 11.8 Å². The molecule has 1 aromatic carbocycles. The molecule has 0 atom stereocenters. The SMILES string of the molecule is CCCc1nn(C)c(Sc2nc3ccccc3o2)c1N. The quantitative estimate of drug-likeness (QED) is 0.798. The van der Waals surface area contributed by atoms with Crippen LogP contribution in [-0.2, 0) is 13.5 Å². The van der Waals surface area contributed by atoms with Gasteiger partial charge in [-0.05, 0) is 30.3 Å². The highest BCUT2D eigenvalue weighted by Crippen LogP contribution is 2.34. The molecule has 0 bridgehead atoms. The number of para-hydroxylation sites is 2. The van der Waals surface area contributed by atoms with Crippen LogP contribution in [0.15, 0.2) is 38.9 Å². The van der Waals surface area contributed by atoms with Gasteiger partial charge in [-0.3, -0.25) is 4.68 Å². The van der Waals surface area contributed by atoms with Gasteiger partial charge in [-0.25, -0.2) is 4.98 Å². The Balaban J connectivity index is 1.94. The van der Waals surface area contributed by atoms with Crippen molar-refractivity contribution in [2.45, 2.75) is 30.0 Å². The Bertz CT molecular complexity index is 714. The predicted octanol–water partition coefficient (Wildman–Crippen LogP) is 3.25. The molecule has 5 nitrogen and oxygen atoms in total. The van der Waals surface area contributed by atoms with Crippen LogP contribution in [0.3, 0.4) is 0 Å². The second kappa shape index (κ2) is 5.20. The van der Waals surface area contributed by atoms with E-state index in [1.54, 1.807) is 4.68 Å². The zero-order valence-corrected chi connectivity index (χ0v) is 12.3. The fourth-order valence-electron chi connectivity index (χ4n) is 2.10. The first-order chi connectivity index (χ1) is 9.69. The summed E-state index contributed by atoms with van der Waals surface area (Å²) in [7, 11) is 1.89. The molecule has 0 aliphatic rings. The van der Waals surface area contributed by atoms with Crippen LogP contribution in [-0.4, -0.2) is 14.8 Å². The molecular weight excluding hydrogens is 272 g/mol. The van der Waals surface area contributed by atoms with E-state index in [1.807, 2.05) is 31.3 Å². The van der Waals surface area contributed by atoms with E-state index >= 15 is 0 Å². The number of nitrogen functional groups attached to an aromatic ring is 1. The molecule has 0 saturated carbocycles. The summed E-state index contributed by atoms with van der Waals surface area (Å²) >= 11 is 1.41. The number of nitrogens with two attached hydrogens (primary N) is 1. The molecule has 2 heterocycles. The van der Waals surface area contributed by atoms with E-state index in [-0.39, 0.29) is 0 Å². The Morgan fingerprint density at radius 2 is 2.15 bits per heavy atom. The first-order valence-electron chi connectivity index (χ1n) is 6.53. The van der Waals surface area contributed by atoms with E-state index < -0.39 is 0 Å². The standard InChI is InChI=1S/C14H16N4OS/c1-3-6-10-12(15)13(18(2)17-10)20-14-16-9-7-4-5-8-11(9)19-14/h4-5,7-8H,3,6,15H2,1-2H3. The monoisotopic (exact) mass is 288 g/mol. The minimum atomic E-state index is 0.587. The van der Waals surface area contributed by atoms with E-state index in [1.165, 1.54) is 11.8 Å². The van der Waals surface area contributed by atoms with E-state index in [0.29, 0.717) is 5.22 Å². The maximum Gasteiger partial charge on any atom is 0.263 e. The number of benzene rings is 1. The Labute approximate surface area is 121 Å². The van der Waals surface area contributed by atoms with Gasteiger partial charge in [0.1, 0.15) is 10.5 Å². The summed E-state index contributed by atoms with van der Waals surface area (Å²) in [4.78, 5) is 4.45. The smallest absolute Gasteiger partial charge is 0.263 e. The molecule has 0 fully saturated rings. The minimum absolute atomic E-state index is 0.587. The summed E-state index contributed by atoms with van der Waals surface area (Å²) in [6.45, 7) is 2.11.